The van der Waals surface area contributed by atoms with Crippen LogP contribution in [0.2, 0.25) is 0 Å². The number of aryl methyl sites for hydroxylation is 1. The summed E-state index contributed by atoms with van der Waals surface area (Å²) in [6.45, 7) is 7.17. The molecular formula is C18H24FN5O. The number of imidazole rings is 1. The van der Waals surface area contributed by atoms with Gasteiger partial charge in [-0.05, 0) is 31.9 Å². The van der Waals surface area contributed by atoms with Crippen molar-refractivity contribution in [2.75, 3.05) is 26.2 Å². The van der Waals surface area contributed by atoms with E-state index in [1.807, 2.05) is 11.0 Å². The van der Waals surface area contributed by atoms with E-state index >= 15 is 0 Å². The Labute approximate surface area is 146 Å². The summed E-state index contributed by atoms with van der Waals surface area (Å²) in [4.78, 5) is 20.8. The molecule has 1 aromatic carbocycles. The Morgan fingerprint density at radius 1 is 1.28 bits per heavy atom. The molecule has 1 aromatic heterocycles. The molecule has 2 amide bonds. The fourth-order valence-electron chi connectivity index (χ4n) is 4.05. The standard InChI is InChI=1S/C18H24FN5O/c1-2-23-16-4-3-13(19)11-15(16)21-17(23)12-22-8-5-14(6-9-22)24-10-7-20-18(24)25/h3-4,11,14H,2,5-10,12H2,1H3,(H,20,25). The maximum absolute atomic E-state index is 13.5. The topological polar surface area (TPSA) is 53.4 Å². The molecular weight excluding hydrogens is 321 g/mol. The van der Waals surface area contributed by atoms with Crippen LogP contribution in [0.3, 0.4) is 0 Å². The molecule has 0 radical (unpaired) electrons. The molecule has 4 rings (SSSR count). The zero-order valence-electron chi connectivity index (χ0n) is 14.5. The monoisotopic (exact) mass is 345 g/mol. The van der Waals surface area contributed by atoms with Gasteiger partial charge in [-0.15, -0.1) is 0 Å². The van der Waals surface area contributed by atoms with Gasteiger partial charge in [-0.25, -0.2) is 14.2 Å². The van der Waals surface area contributed by atoms with Gasteiger partial charge in [0.15, 0.2) is 0 Å². The van der Waals surface area contributed by atoms with Gasteiger partial charge in [-0.3, -0.25) is 4.90 Å². The Balaban J connectivity index is 1.45. The van der Waals surface area contributed by atoms with Crippen molar-refractivity contribution in [3.8, 4) is 0 Å². The van der Waals surface area contributed by atoms with E-state index in [-0.39, 0.29) is 11.8 Å². The highest BCUT2D eigenvalue weighted by Gasteiger charge is 2.30. The average Bonchev–Trinajstić information content (AvgIpc) is 3.18. The van der Waals surface area contributed by atoms with E-state index in [0.717, 1.165) is 69.0 Å². The van der Waals surface area contributed by atoms with E-state index in [9.17, 15) is 9.18 Å². The molecule has 2 aliphatic rings. The summed E-state index contributed by atoms with van der Waals surface area (Å²) in [6.07, 6.45) is 1.99. The minimum absolute atomic E-state index is 0.0771. The Hall–Kier alpha value is -2.15. The molecule has 2 aliphatic heterocycles. The van der Waals surface area contributed by atoms with Gasteiger partial charge in [0.25, 0.3) is 0 Å². The molecule has 2 aromatic rings. The van der Waals surface area contributed by atoms with Gasteiger partial charge in [0, 0.05) is 44.8 Å². The largest absolute Gasteiger partial charge is 0.336 e. The summed E-state index contributed by atoms with van der Waals surface area (Å²) in [5, 5.41) is 2.88. The number of nitrogens with one attached hydrogen (secondary N) is 1. The summed E-state index contributed by atoms with van der Waals surface area (Å²) in [5.74, 6) is 0.741. The summed E-state index contributed by atoms with van der Waals surface area (Å²) in [7, 11) is 0. The minimum atomic E-state index is -0.246. The predicted molar refractivity (Wildman–Crippen MR) is 93.8 cm³/mol. The van der Waals surface area contributed by atoms with Crippen LogP contribution in [0.4, 0.5) is 9.18 Å². The molecule has 0 spiro atoms. The van der Waals surface area contributed by atoms with Gasteiger partial charge >= 0.3 is 6.03 Å². The first-order valence-corrected chi connectivity index (χ1v) is 9.07. The fraction of sp³-hybridized carbons (Fsp3) is 0.556. The number of fused-ring (bicyclic) bond motifs is 1. The number of carbonyl (C=O) groups excluding carboxylic acids is 1. The second-order valence-corrected chi connectivity index (χ2v) is 6.84. The molecule has 6 nitrogen and oxygen atoms in total. The molecule has 2 saturated heterocycles. The fourth-order valence-corrected chi connectivity index (χ4v) is 4.05. The first kappa shape index (κ1) is 16.3. The van der Waals surface area contributed by atoms with Crippen LogP contribution in [0.15, 0.2) is 18.2 Å². The summed E-state index contributed by atoms with van der Waals surface area (Å²) >= 11 is 0. The maximum atomic E-state index is 13.5. The molecule has 7 heteroatoms. The molecule has 134 valence electrons. The van der Waals surface area contributed by atoms with E-state index in [2.05, 4.69) is 26.7 Å². The Bertz CT molecular complexity index is 781. The van der Waals surface area contributed by atoms with Crippen molar-refractivity contribution >= 4 is 17.1 Å². The van der Waals surface area contributed by atoms with E-state index in [4.69, 9.17) is 0 Å². The van der Waals surface area contributed by atoms with Crippen LogP contribution in [0.1, 0.15) is 25.6 Å². The lowest BCUT2D eigenvalue weighted by Gasteiger charge is -2.35. The quantitative estimate of drug-likeness (QED) is 0.924. The zero-order chi connectivity index (χ0) is 17.4. The lowest BCUT2D eigenvalue weighted by atomic mass is 10.0. The second-order valence-electron chi connectivity index (χ2n) is 6.84. The summed E-state index contributed by atoms with van der Waals surface area (Å²) < 4.78 is 15.6. The van der Waals surface area contributed by atoms with E-state index < -0.39 is 0 Å². The molecule has 0 aliphatic carbocycles. The van der Waals surface area contributed by atoms with E-state index in [0.29, 0.717) is 6.04 Å². The van der Waals surface area contributed by atoms with Crippen LogP contribution < -0.4 is 5.32 Å². The zero-order valence-corrected chi connectivity index (χ0v) is 14.5. The summed E-state index contributed by atoms with van der Waals surface area (Å²) in [6, 6.07) is 5.23. The predicted octanol–water partition coefficient (Wildman–Crippen LogP) is 2.18. The number of urea groups is 1. The van der Waals surface area contributed by atoms with Crippen molar-refractivity contribution in [2.24, 2.45) is 0 Å². The van der Waals surface area contributed by atoms with Crippen LogP contribution in [0.25, 0.3) is 11.0 Å². The van der Waals surface area contributed by atoms with Crippen molar-refractivity contribution in [3.05, 3.63) is 29.8 Å². The third-order valence-corrected chi connectivity index (χ3v) is 5.36. The number of aromatic nitrogens is 2. The van der Waals surface area contributed by atoms with Crippen molar-refractivity contribution in [1.29, 1.82) is 0 Å². The highest BCUT2D eigenvalue weighted by atomic mass is 19.1. The van der Waals surface area contributed by atoms with E-state index in [1.54, 1.807) is 0 Å². The molecule has 3 heterocycles. The third kappa shape index (κ3) is 3.08. The number of rotatable bonds is 4. The molecule has 0 bridgehead atoms. The second kappa shape index (κ2) is 6.63. The Morgan fingerprint density at radius 3 is 2.76 bits per heavy atom. The molecule has 25 heavy (non-hydrogen) atoms. The number of benzene rings is 1. The van der Waals surface area contributed by atoms with Crippen molar-refractivity contribution in [3.63, 3.8) is 0 Å². The van der Waals surface area contributed by atoms with Crippen LogP contribution in [0, 0.1) is 5.82 Å². The van der Waals surface area contributed by atoms with Gasteiger partial charge in [0.05, 0.1) is 17.6 Å². The maximum Gasteiger partial charge on any atom is 0.317 e. The highest BCUT2D eigenvalue weighted by Crippen LogP contribution is 2.22. The molecule has 0 unspecified atom stereocenters. The molecule has 0 atom stereocenters. The van der Waals surface area contributed by atoms with Crippen LogP contribution in [-0.2, 0) is 13.1 Å². The summed E-state index contributed by atoms with van der Waals surface area (Å²) in [5.41, 5.74) is 1.71. The number of hydrogen-bond donors (Lipinski definition) is 1. The van der Waals surface area contributed by atoms with Gasteiger partial charge in [-0.2, -0.15) is 0 Å². The normalized spacial score (nSPS) is 19.8. The highest BCUT2D eigenvalue weighted by molar-refractivity contribution is 5.76. The number of amides is 2. The van der Waals surface area contributed by atoms with Gasteiger partial charge in [0.1, 0.15) is 11.6 Å². The van der Waals surface area contributed by atoms with Gasteiger partial charge in [-0.1, -0.05) is 0 Å². The van der Waals surface area contributed by atoms with E-state index in [1.165, 1.54) is 12.1 Å². The minimum Gasteiger partial charge on any atom is -0.336 e. The molecule has 1 N–H and O–H groups in total. The first-order chi connectivity index (χ1) is 12.2. The van der Waals surface area contributed by atoms with Crippen LogP contribution >= 0.6 is 0 Å². The van der Waals surface area contributed by atoms with Crippen molar-refractivity contribution in [1.82, 2.24) is 24.7 Å². The Morgan fingerprint density at radius 2 is 2.08 bits per heavy atom. The van der Waals surface area contributed by atoms with Crippen LogP contribution in [-0.4, -0.2) is 57.6 Å². The number of hydrogen-bond acceptors (Lipinski definition) is 3. The smallest absolute Gasteiger partial charge is 0.317 e. The lowest BCUT2D eigenvalue weighted by molar-refractivity contribution is 0.129. The first-order valence-electron chi connectivity index (χ1n) is 9.07. The van der Waals surface area contributed by atoms with Crippen LogP contribution in [0.5, 0.6) is 0 Å². The third-order valence-electron chi connectivity index (χ3n) is 5.36. The van der Waals surface area contributed by atoms with Crippen molar-refractivity contribution < 1.29 is 9.18 Å². The SMILES string of the molecule is CCn1c(CN2CCC(N3CCNC3=O)CC2)nc2cc(F)ccc21. The number of likely N-dealkylation sites (tertiary alicyclic amines) is 1. The number of nitrogens with zero attached hydrogens (tertiary/aromatic N) is 4. The lowest BCUT2D eigenvalue weighted by Crippen LogP contribution is -2.46. The number of halogens is 1. The van der Waals surface area contributed by atoms with Crippen molar-refractivity contribution in [2.45, 2.75) is 38.9 Å². The van der Waals surface area contributed by atoms with Gasteiger partial charge in [0.2, 0.25) is 0 Å². The number of carbonyl (C=O) groups is 1. The number of piperidine rings is 1. The average molecular weight is 345 g/mol. The van der Waals surface area contributed by atoms with Gasteiger partial charge < -0.3 is 14.8 Å². The molecule has 0 saturated carbocycles. The molecule has 2 fully saturated rings. The Kier molecular flexibility index (Phi) is 4.33.